The average molecular weight is 495 g/mol. The van der Waals surface area contributed by atoms with Gasteiger partial charge in [-0.2, -0.15) is 4.98 Å². The van der Waals surface area contributed by atoms with Crippen LogP contribution in [0.4, 0.5) is 11.8 Å². The molecule has 0 amide bonds. The summed E-state index contributed by atoms with van der Waals surface area (Å²) in [5.74, 6) is 2.68. The molecular weight excluding hydrogens is 460 g/mol. The van der Waals surface area contributed by atoms with Crippen LogP contribution in [0.15, 0.2) is 42.6 Å². The minimum absolute atomic E-state index is 0.0564. The molecule has 4 N–H and O–H groups in total. The van der Waals surface area contributed by atoms with Crippen molar-refractivity contribution in [2.45, 2.75) is 26.2 Å². The lowest BCUT2D eigenvalue weighted by atomic mass is 9.98. The number of rotatable bonds is 13. The van der Waals surface area contributed by atoms with Crippen molar-refractivity contribution in [3.05, 3.63) is 53.7 Å². The van der Waals surface area contributed by atoms with Crippen molar-refractivity contribution in [3.63, 3.8) is 0 Å². The quantitative estimate of drug-likeness (QED) is 0.338. The Morgan fingerprint density at radius 1 is 0.917 bits per heavy atom. The van der Waals surface area contributed by atoms with E-state index in [0.29, 0.717) is 37.8 Å². The van der Waals surface area contributed by atoms with E-state index in [1.165, 1.54) is 0 Å². The molecule has 0 aliphatic heterocycles. The molecule has 1 fully saturated rings. The average Bonchev–Trinajstić information content (AvgIpc) is 3.64. The van der Waals surface area contributed by atoms with Crippen LogP contribution >= 0.6 is 0 Å². The fourth-order valence-corrected chi connectivity index (χ4v) is 4.09. The summed E-state index contributed by atoms with van der Waals surface area (Å²) in [5.41, 5.74) is 15.4. The Labute approximate surface area is 211 Å². The second kappa shape index (κ2) is 11.5. The summed E-state index contributed by atoms with van der Waals surface area (Å²) in [6.07, 6.45) is 4.33. The van der Waals surface area contributed by atoms with Crippen LogP contribution in [-0.2, 0) is 15.9 Å². The van der Waals surface area contributed by atoms with Gasteiger partial charge in [0.1, 0.15) is 23.1 Å². The van der Waals surface area contributed by atoms with Crippen LogP contribution in [0.5, 0.6) is 17.2 Å². The van der Waals surface area contributed by atoms with Gasteiger partial charge in [0.15, 0.2) is 6.79 Å². The maximum atomic E-state index is 6.49. The van der Waals surface area contributed by atoms with E-state index in [9.17, 15) is 0 Å². The molecular formula is C27H34N4O5. The van der Waals surface area contributed by atoms with Crippen molar-refractivity contribution in [3.8, 4) is 28.4 Å². The van der Waals surface area contributed by atoms with Crippen molar-refractivity contribution in [1.82, 2.24) is 9.97 Å². The zero-order chi connectivity index (χ0) is 25.5. The van der Waals surface area contributed by atoms with Gasteiger partial charge in [-0.1, -0.05) is 12.1 Å². The molecule has 1 saturated carbocycles. The molecule has 0 bridgehead atoms. The molecule has 36 heavy (non-hydrogen) atoms. The number of nitrogens with two attached hydrogens (primary N) is 2. The van der Waals surface area contributed by atoms with Crippen LogP contribution in [0.3, 0.4) is 0 Å². The van der Waals surface area contributed by atoms with Gasteiger partial charge in [0.2, 0.25) is 5.95 Å². The molecule has 1 aromatic heterocycles. The topological polar surface area (TPSA) is 124 Å². The molecule has 4 rings (SSSR count). The smallest absolute Gasteiger partial charge is 0.221 e. The lowest BCUT2D eigenvalue weighted by molar-refractivity contribution is 0.0511. The highest BCUT2D eigenvalue weighted by atomic mass is 16.7. The number of anilines is 2. The number of hydrogen-bond donors (Lipinski definition) is 2. The van der Waals surface area contributed by atoms with Gasteiger partial charge in [0.05, 0.1) is 25.4 Å². The van der Waals surface area contributed by atoms with E-state index in [2.05, 4.69) is 9.97 Å². The van der Waals surface area contributed by atoms with Crippen molar-refractivity contribution < 1.29 is 23.7 Å². The SMILES string of the molecule is CCOc1cc(Cc2cnc(N)nc2N)cc(OCC2(COC)CC2)c1-c1ccc(OCOC)cc1. The molecule has 0 saturated heterocycles. The minimum Gasteiger partial charge on any atom is -0.493 e. The molecule has 0 unspecified atom stereocenters. The Bertz CT molecular complexity index is 1170. The zero-order valence-corrected chi connectivity index (χ0v) is 21.1. The number of aromatic nitrogens is 2. The van der Waals surface area contributed by atoms with Gasteiger partial charge in [-0.3, -0.25) is 0 Å². The van der Waals surface area contributed by atoms with Gasteiger partial charge < -0.3 is 35.2 Å². The first-order valence-corrected chi connectivity index (χ1v) is 12.0. The Morgan fingerprint density at radius 2 is 1.64 bits per heavy atom. The Morgan fingerprint density at radius 3 is 2.25 bits per heavy atom. The van der Waals surface area contributed by atoms with Crippen LogP contribution in [0.1, 0.15) is 30.9 Å². The Hall–Kier alpha value is -3.56. The van der Waals surface area contributed by atoms with Crippen LogP contribution in [0.25, 0.3) is 11.1 Å². The molecule has 9 nitrogen and oxygen atoms in total. The third-order valence-corrected chi connectivity index (χ3v) is 6.16. The summed E-state index contributed by atoms with van der Waals surface area (Å²) < 4.78 is 28.6. The van der Waals surface area contributed by atoms with E-state index in [0.717, 1.165) is 46.6 Å². The monoisotopic (exact) mass is 494 g/mol. The lowest BCUT2D eigenvalue weighted by Gasteiger charge is -2.21. The fraction of sp³-hybridized carbons (Fsp3) is 0.407. The molecule has 0 atom stereocenters. The van der Waals surface area contributed by atoms with Gasteiger partial charge in [0.25, 0.3) is 0 Å². The molecule has 9 heteroatoms. The van der Waals surface area contributed by atoms with Gasteiger partial charge in [-0.05, 0) is 55.2 Å². The number of hydrogen-bond acceptors (Lipinski definition) is 9. The summed E-state index contributed by atoms with van der Waals surface area (Å²) in [5, 5.41) is 0. The molecule has 1 aliphatic rings. The summed E-state index contributed by atoms with van der Waals surface area (Å²) in [6, 6.07) is 11.8. The van der Waals surface area contributed by atoms with Crippen LogP contribution in [0.2, 0.25) is 0 Å². The lowest BCUT2D eigenvalue weighted by Crippen LogP contribution is -2.19. The summed E-state index contributed by atoms with van der Waals surface area (Å²) >= 11 is 0. The number of ether oxygens (including phenoxy) is 5. The number of nitrogens with zero attached hydrogens (tertiary/aromatic N) is 2. The third kappa shape index (κ3) is 6.16. The van der Waals surface area contributed by atoms with Crippen molar-refractivity contribution in [2.75, 3.05) is 52.3 Å². The maximum Gasteiger partial charge on any atom is 0.221 e. The first kappa shape index (κ1) is 25.5. The van der Waals surface area contributed by atoms with Crippen molar-refractivity contribution >= 4 is 11.8 Å². The van der Waals surface area contributed by atoms with E-state index in [1.807, 2.05) is 43.3 Å². The first-order valence-electron chi connectivity index (χ1n) is 12.0. The number of nitrogen functional groups attached to an aromatic ring is 2. The number of methoxy groups -OCH3 is 2. The minimum atomic E-state index is 0.0564. The summed E-state index contributed by atoms with van der Waals surface area (Å²) in [6.45, 7) is 3.89. The predicted molar refractivity (Wildman–Crippen MR) is 138 cm³/mol. The second-order valence-electron chi connectivity index (χ2n) is 9.01. The van der Waals surface area contributed by atoms with E-state index in [1.54, 1.807) is 20.4 Å². The molecule has 2 aromatic carbocycles. The van der Waals surface area contributed by atoms with Crippen LogP contribution < -0.4 is 25.7 Å². The largest absolute Gasteiger partial charge is 0.493 e. The highest BCUT2D eigenvalue weighted by molar-refractivity contribution is 5.78. The van der Waals surface area contributed by atoms with E-state index in [-0.39, 0.29) is 18.2 Å². The molecule has 0 spiro atoms. The second-order valence-corrected chi connectivity index (χ2v) is 9.01. The molecule has 192 valence electrons. The van der Waals surface area contributed by atoms with E-state index < -0.39 is 0 Å². The predicted octanol–water partition coefficient (Wildman–Crippen LogP) is 4.09. The van der Waals surface area contributed by atoms with Gasteiger partial charge in [0, 0.05) is 37.8 Å². The maximum absolute atomic E-state index is 6.49. The Kier molecular flexibility index (Phi) is 8.12. The standard InChI is InChI=1S/C27H34N4O5/c1-4-34-22-12-18(11-20-14-30-26(29)31-25(20)28)13-23(35-16-27(9-10-27)15-32-2)24(22)19-5-7-21(8-6-19)36-17-33-3/h5-8,12-14H,4,9-11,15-17H2,1-3H3,(H4,28,29,30,31). The van der Waals surface area contributed by atoms with E-state index in [4.69, 9.17) is 35.2 Å². The summed E-state index contributed by atoms with van der Waals surface area (Å²) in [4.78, 5) is 8.19. The molecule has 3 aromatic rings. The van der Waals surface area contributed by atoms with E-state index >= 15 is 0 Å². The fourth-order valence-electron chi connectivity index (χ4n) is 4.09. The van der Waals surface area contributed by atoms with Crippen LogP contribution in [-0.4, -0.2) is 50.8 Å². The molecule has 1 aliphatic carbocycles. The van der Waals surface area contributed by atoms with Gasteiger partial charge in [-0.25, -0.2) is 4.98 Å². The highest BCUT2D eigenvalue weighted by Crippen LogP contribution is 2.48. The third-order valence-electron chi connectivity index (χ3n) is 6.16. The van der Waals surface area contributed by atoms with Crippen LogP contribution in [0, 0.1) is 5.41 Å². The molecule has 1 heterocycles. The summed E-state index contributed by atoms with van der Waals surface area (Å²) in [7, 11) is 3.32. The zero-order valence-electron chi connectivity index (χ0n) is 21.1. The molecule has 0 radical (unpaired) electrons. The normalized spacial score (nSPS) is 13.9. The number of benzene rings is 2. The van der Waals surface area contributed by atoms with Gasteiger partial charge in [-0.15, -0.1) is 0 Å². The Balaban J connectivity index is 1.72. The highest BCUT2D eigenvalue weighted by Gasteiger charge is 2.43. The van der Waals surface area contributed by atoms with Crippen molar-refractivity contribution in [2.24, 2.45) is 5.41 Å². The van der Waals surface area contributed by atoms with Crippen molar-refractivity contribution in [1.29, 1.82) is 0 Å². The van der Waals surface area contributed by atoms with Gasteiger partial charge >= 0.3 is 0 Å². The first-order chi connectivity index (χ1) is 17.5.